The van der Waals surface area contributed by atoms with Gasteiger partial charge in [-0.1, -0.05) is 42.8 Å². The van der Waals surface area contributed by atoms with E-state index in [1.165, 1.54) is 5.56 Å². The standard InChI is InChI=1S/C22H22N4O/c1-3-5-22(27)26-21(14-19(25-26)16-7-4-6-15(2)12-16)17-8-9-18-20(13-17)24-11-10-23-18/h4,6-13,21H,3,5,14H2,1-2H3. The van der Waals surface area contributed by atoms with Crippen LogP contribution in [0.3, 0.4) is 0 Å². The van der Waals surface area contributed by atoms with Gasteiger partial charge in [0.15, 0.2) is 0 Å². The van der Waals surface area contributed by atoms with E-state index in [-0.39, 0.29) is 11.9 Å². The molecule has 0 bridgehead atoms. The van der Waals surface area contributed by atoms with Crippen LogP contribution in [0.2, 0.25) is 0 Å². The molecule has 0 fully saturated rings. The summed E-state index contributed by atoms with van der Waals surface area (Å²) in [5.74, 6) is 0.0596. The number of amides is 1. The molecule has 5 nitrogen and oxygen atoms in total. The molecular formula is C22H22N4O. The maximum absolute atomic E-state index is 12.7. The van der Waals surface area contributed by atoms with Gasteiger partial charge in [-0.05, 0) is 36.6 Å². The zero-order valence-electron chi connectivity index (χ0n) is 15.6. The first kappa shape index (κ1) is 17.3. The largest absolute Gasteiger partial charge is 0.273 e. The van der Waals surface area contributed by atoms with Crippen molar-refractivity contribution >= 4 is 22.7 Å². The van der Waals surface area contributed by atoms with E-state index >= 15 is 0 Å². The van der Waals surface area contributed by atoms with Gasteiger partial charge in [0.2, 0.25) is 5.91 Å². The maximum Gasteiger partial charge on any atom is 0.243 e. The molecule has 1 unspecified atom stereocenters. The Hall–Kier alpha value is -3.08. The molecule has 2 aromatic carbocycles. The summed E-state index contributed by atoms with van der Waals surface area (Å²) in [6.07, 6.45) is 5.38. The molecule has 0 radical (unpaired) electrons. The molecule has 1 aromatic heterocycles. The highest BCUT2D eigenvalue weighted by molar-refractivity contribution is 6.03. The minimum atomic E-state index is -0.106. The fraction of sp³-hybridized carbons (Fsp3) is 0.273. The molecule has 1 amide bonds. The Morgan fingerprint density at radius 2 is 1.93 bits per heavy atom. The summed E-state index contributed by atoms with van der Waals surface area (Å²) in [7, 11) is 0. The van der Waals surface area contributed by atoms with Gasteiger partial charge in [0.05, 0.1) is 22.8 Å². The van der Waals surface area contributed by atoms with E-state index in [9.17, 15) is 4.79 Å². The monoisotopic (exact) mass is 358 g/mol. The number of hydrogen-bond donors (Lipinski definition) is 0. The Labute approximate surface area is 158 Å². The molecule has 0 saturated heterocycles. The van der Waals surface area contributed by atoms with E-state index < -0.39 is 0 Å². The summed E-state index contributed by atoms with van der Waals surface area (Å²) < 4.78 is 0. The number of fused-ring (bicyclic) bond motifs is 1. The average Bonchev–Trinajstić information content (AvgIpc) is 3.13. The first-order valence-corrected chi connectivity index (χ1v) is 9.33. The first-order chi connectivity index (χ1) is 13.2. The van der Waals surface area contributed by atoms with Crippen LogP contribution in [0.25, 0.3) is 11.0 Å². The van der Waals surface area contributed by atoms with E-state index in [0.29, 0.717) is 12.8 Å². The molecule has 4 rings (SSSR count). The number of benzene rings is 2. The number of rotatable bonds is 4. The lowest BCUT2D eigenvalue weighted by Crippen LogP contribution is -2.26. The van der Waals surface area contributed by atoms with Gasteiger partial charge in [-0.25, -0.2) is 5.01 Å². The van der Waals surface area contributed by atoms with Gasteiger partial charge >= 0.3 is 0 Å². The zero-order chi connectivity index (χ0) is 18.8. The molecule has 0 aliphatic carbocycles. The molecule has 0 spiro atoms. The van der Waals surface area contributed by atoms with Crippen LogP contribution in [0.15, 0.2) is 60.0 Å². The molecule has 1 aliphatic rings. The summed E-state index contributed by atoms with van der Waals surface area (Å²) in [4.78, 5) is 21.5. The second kappa shape index (κ2) is 7.27. The van der Waals surface area contributed by atoms with Crippen molar-refractivity contribution < 1.29 is 4.79 Å². The van der Waals surface area contributed by atoms with E-state index in [4.69, 9.17) is 5.10 Å². The summed E-state index contributed by atoms with van der Waals surface area (Å²) in [6.45, 7) is 4.08. The van der Waals surface area contributed by atoms with E-state index in [1.807, 2.05) is 31.2 Å². The first-order valence-electron chi connectivity index (χ1n) is 9.33. The Morgan fingerprint density at radius 3 is 2.70 bits per heavy atom. The minimum Gasteiger partial charge on any atom is -0.273 e. The predicted molar refractivity (Wildman–Crippen MR) is 106 cm³/mol. The van der Waals surface area contributed by atoms with Crippen molar-refractivity contribution in [3.63, 3.8) is 0 Å². The SMILES string of the molecule is CCCC(=O)N1N=C(c2cccc(C)c2)CC1c1ccc2nccnc2c1. The van der Waals surface area contributed by atoms with Crippen LogP contribution in [-0.2, 0) is 4.79 Å². The molecule has 5 heteroatoms. The highest BCUT2D eigenvalue weighted by Gasteiger charge is 2.32. The predicted octanol–water partition coefficient (Wildman–Crippen LogP) is 4.42. The molecule has 1 aliphatic heterocycles. The van der Waals surface area contributed by atoms with Crippen molar-refractivity contribution in [2.24, 2.45) is 5.10 Å². The second-order valence-electron chi connectivity index (χ2n) is 6.93. The quantitative estimate of drug-likeness (QED) is 0.694. The Kier molecular flexibility index (Phi) is 4.67. The van der Waals surface area contributed by atoms with E-state index in [0.717, 1.165) is 34.3 Å². The maximum atomic E-state index is 12.7. The van der Waals surface area contributed by atoms with Crippen LogP contribution in [-0.4, -0.2) is 26.6 Å². The van der Waals surface area contributed by atoms with Crippen LogP contribution < -0.4 is 0 Å². The van der Waals surface area contributed by atoms with Crippen LogP contribution in [0, 0.1) is 6.92 Å². The zero-order valence-corrected chi connectivity index (χ0v) is 15.6. The number of carbonyl (C=O) groups is 1. The van der Waals surface area contributed by atoms with Crippen LogP contribution in [0.4, 0.5) is 0 Å². The van der Waals surface area contributed by atoms with Gasteiger partial charge in [-0.15, -0.1) is 0 Å². The van der Waals surface area contributed by atoms with Crippen LogP contribution in [0.1, 0.15) is 48.9 Å². The topological polar surface area (TPSA) is 58.5 Å². The normalized spacial score (nSPS) is 16.6. The van der Waals surface area contributed by atoms with Crippen LogP contribution in [0.5, 0.6) is 0 Å². The van der Waals surface area contributed by atoms with Crippen molar-refractivity contribution in [2.75, 3.05) is 0 Å². The lowest BCUT2D eigenvalue weighted by molar-refractivity contribution is -0.133. The van der Waals surface area contributed by atoms with Crippen molar-refractivity contribution in [3.8, 4) is 0 Å². The Morgan fingerprint density at radius 1 is 1.11 bits per heavy atom. The summed E-state index contributed by atoms with van der Waals surface area (Å²) in [5, 5.41) is 6.39. The second-order valence-corrected chi connectivity index (χ2v) is 6.93. The van der Waals surface area contributed by atoms with E-state index in [2.05, 4.69) is 35.1 Å². The van der Waals surface area contributed by atoms with Gasteiger partial charge in [-0.3, -0.25) is 14.8 Å². The van der Waals surface area contributed by atoms with Gasteiger partial charge in [0, 0.05) is 25.2 Å². The molecule has 2 heterocycles. The molecule has 0 N–H and O–H groups in total. The Balaban J connectivity index is 1.72. The third-order valence-electron chi connectivity index (χ3n) is 4.86. The molecule has 0 saturated carbocycles. The molecular weight excluding hydrogens is 336 g/mol. The number of aryl methyl sites for hydroxylation is 1. The fourth-order valence-corrected chi connectivity index (χ4v) is 3.51. The van der Waals surface area contributed by atoms with Crippen molar-refractivity contribution in [2.45, 2.75) is 39.2 Å². The minimum absolute atomic E-state index is 0.0596. The van der Waals surface area contributed by atoms with Gasteiger partial charge < -0.3 is 0 Å². The molecule has 3 aromatic rings. The number of nitrogens with zero attached hydrogens (tertiary/aromatic N) is 4. The van der Waals surface area contributed by atoms with Crippen LogP contribution >= 0.6 is 0 Å². The number of carbonyl (C=O) groups excluding carboxylic acids is 1. The highest BCUT2D eigenvalue weighted by Crippen LogP contribution is 2.34. The molecule has 1 atom stereocenters. The number of aromatic nitrogens is 2. The summed E-state index contributed by atoms with van der Waals surface area (Å²) in [5.41, 5.74) is 5.94. The smallest absolute Gasteiger partial charge is 0.243 e. The van der Waals surface area contributed by atoms with Gasteiger partial charge in [-0.2, -0.15) is 5.10 Å². The lowest BCUT2D eigenvalue weighted by Gasteiger charge is -2.22. The third kappa shape index (κ3) is 3.45. The molecule has 136 valence electrons. The summed E-state index contributed by atoms with van der Waals surface area (Å²) in [6, 6.07) is 14.2. The highest BCUT2D eigenvalue weighted by atomic mass is 16.2. The number of hydrogen-bond acceptors (Lipinski definition) is 4. The van der Waals surface area contributed by atoms with Crippen molar-refractivity contribution in [1.29, 1.82) is 0 Å². The third-order valence-corrected chi connectivity index (χ3v) is 4.86. The molecule has 27 heavy (non-hydrogen) atoms. The average molecular weight is 358 g/mol. The summed E-state index contributed by atoms with van der Waals surface area (Å²) >= 11 is 0. The lowest BCUT2D eigenvalue weighted by atomic mass is 9.97. The van der Waals surface area contributed by atoms with E-state index in [1.54, 1.807) is 17.4 Å². The Bertz CT molecular complexity index is 1030. The fourth-order valence-electron chi connectivity index (χ4n) is 3.51. The van der Waals surface area contributed by atoms with Crippen molar-refractivity contribution in [3.05, 3.63) is 71.5 Å². The van der Waals surface area contributed by atoms with Gasteiger partial charge in [0.1, 0.15) is 0 Å². The van der Waals surface area contributed by atoms with Gasteiger partial charge in [0.25, 0.3) is 0 Å². The van der Waals surface area contributed by atoms with Crippen molar-refractivity contribution in [1.82, 2.24) is 15.0 Å². The number of hydrazone groups is 1.